The first-order valence-corrected chi connectivity index (χ1v) is 6.48. The van der Waals surface area contributed by atoms with E-state index in [0.717, 1.165) is 5.56 Å². The van der Waals surface area contributed by atoms with Crippen LogP contribution in [0.5, 0.6) is 0 Å². The zero-order valence-corrected chi connectivity index (χ0v) is 11.4. The number of benzene rings is 2. The second kappa shape index (κ2) is 6.62. The zero-order valence-electron chi connectivity index (χ0n) is 11.4. The summed E-state index contributed by atoms with van der Waals surface area (Å²) in [4.78, 5) is 22.1. The minimum absolute atomic E-state index is 0.0107. The minimum Gasteiger partial charge on any atom is -0.347 e. The average molecular weight is 286 g/mol. The number of non-ortho nitro benzene ring substituents is 1. The fourth-order valence-electron chi connectivity index (χ4n) is 1.90. The van der Waals surface area contributed by atoms with Crippen molar-refractivity contribution in [3.63, 3.8) is 0 Å². The van der Waals surface area contributed by atoms with E-state index in [4.69, 9.17) is 0 Å². The molecule has 0 aromatic heterocycles. The number of nitro groups is 1. The van der Waals surface area contributed by atoms with Crippen molar-refractivity contribution in [2.75, 3.05) is 5.32 Å². The summed E-state index contributed by atoms with van der Waals surface area (Å²) in [5.41, 5.74) is 5.40. The van der Waals surface area contributed by atoms with Gasteiger partial charge in [-0.05, 0) is 17.7 Å². The molecule has 0 unspecified atom stereocenters. The number of nitrogens with zero attached hydrogens (tertiary/aromatic N) is 1. The van der Waals surface area contributed by atoms with Crippen LogP contribution in [-0.4, -0.2) is 16.9 Å². The summed E-state index contributed by atoms with van der Waals surface area (Å²) >= 11 is 0. The summed E-state index contributed by atoms with van der Waals surface area (Å²) < 4.78 is 0. The summed E-state index contributed by atoms with van der Waals surface area (Å²) in [5.74, 6) is -0.215. The van der Waals surface area contributed by atoms with Gasteiger partial charge in [0, 0.05) is 24.2 Å². The van der Waals surface area contributed by atoms with Crippen LogP contribution in [0, 0.1) is 10.1 Å². The van der Waals surface area contributed by atoms with Gasteiger partial charge in [0.1, 0.15) is 0 Å². The largest absolute Gasteiger partial charge is 0.347 e. The molecular formula is C15H16N3O3+. The van der Waals surface area contributed by atoms with Gasteiger partial charge in [-0.25, -0.2) is 0 Å². The lowest BCUT2D eigenvalue weighted by Gasteiger charge is -2.09. The first-order valence-electron chi connectivity index (χ1n) is 6.48. The monoisotopic (exact) mass is 286 g/mol. The van der Waals surface area contributed by atoms with E-state index in [1.807, 2.05) is 30.3 Å². The third kappa shape index (κ3) is 4.12. The number of nitrogens with one attached hydrogen (secondary N) is 1. The van der Waals surface area contributed by atoms with Gasteiger partial charge in [-0.3, -0.25) is 14.9 Å². The Balaban J connectivity index is 1.95. The molecule has 21 heavy (non-hydrogen) atoms. The van der Waals surface area contributed by atoms with Crippen molar-refractivity contribution in [1.82, 2.24) is 0 Å². The molecule has 0 aliphatic heterocycles. The van der Waals surface area contributed by atoms with Crippen molar-refractivity contribution < 1.29 is 15.5 Å². The van der Waals surface area contributed by atoms with Gasteiger partial charge in [-0.2, -0.15) is 0 Å². The van der Waals surface area contributed by atoms with Gasteiger partial charge in [0.25, 0.3) is 11.6 Å². The molecule has 0 aliphatic carbocycles. The Bertz CT molecular complexity index is 626. The van der Waals surface area contributed by atoms with E-state index in [1.165, 1.54) is 24.3 Å². The molecule has 2 aromatic carbocycles. The molecule has 2 aromatic rings. The third-order valence-electron chi connectivity index (χ3n) is 3.04. The average Bonchev–Trinajstić information content (AvgIpc) is 2.48. The van der Waals surface area contributed by atoms with E-state index in [1.54, 1.807) is 0 Å². The standard InChI is InChI=1S/C15H15N3O3/c16-14(10-11-4-2-1-3-5-11)15(19)17-12-6-8-13(9-7-12)18(20)21/h1-9,14H,10,16H2,(H,17,19)/p+1/t14-/m1/s1. The molecule has 0 aliphatic rings. The number of carbonyl (C=O) groups is 1. The van der Waals surface area contributed by atoms with Crippen molar-refractivity contribution >= 4 is 17.3 Å². The van der Waals surface area contributed by atoms with Crippen molar-refractivity contribution in [3.8, 4) is 0 Å². The predicted molar refractivity (Wildman–Crippen MR) is 78.5 cm³/mol. The summed E-state index contributed by atoms with van der Waals surface area (Å²) in [6, 6.07) is 14.9. The Morgan fingerprint density at radius 3 is 2.33 bits per heavy atom. The lowest BCUT2D eigenvalue weighted by molar-refractivity contribution is -0.402. The van der Waals surface area contributed by atoms with Crippen LogP contribution in [0.1, 0.15) is 5.56 Å². The molecule has 2 rings (SSSR count). The molecule has 0 saturated heterocycles. The first kappa shape index (κ1) is 14.7. The van der Waals surface area contributed by atoms with Crippen LogP contribution in [0.4, 0.5) is 11.4 Å². The number of anilines is 1. The van der Waals surface area contributed by atoms with E-state index < -0.39 is 11.0 Å². The molecule has 0 heterocycles. The van der Waals surface area contributed by atoms with Gasteiger partial charge < -0.3 is 11.1 Å². The van der Waals surface area contributed by atoms with Gasteiger partial charge in [0.15, 0.2) is 6.04 Å². The topological polar surface area (TPSA) is 99.9 Å². The van der Waals surface area contributed by atoms with E-state index >= 15 is 0 Å². The van der Waals surface area contributed by atoms with Crippen molar-refractivity contribution in [3.05, 3.63) is 70.3 Å². The molecular weight excluding hydrogens is 270 g/mol. The van der Waals surface area contributed by atoms with Crippen molar-refractivity contribution in [2.24, 2.45) is 0 Å². The lowest BCUT2D eigenvalue weighted by atomic mass is 10.1. The molecule has 6 nitrogen and oxygen atoms in total. The quantitative estimate of drug-likeness (QED) is 0.641. The molecule has 6 heteroatoms. The number of amides is 1. The molecule has 0 radical (unpaired) electrons. The highest BCUT2D eigenvalue weighted by Gasteiger charge is 2.18. The molecule has 0 spiro atoms. The SMILES string of the molecule is [NH3+][C@H](Cc1ccccc1)C(=O)Nc1ccc([N+](=O)[O-])cc1. The van der Waals surface area contributed by atoms with Crippen LogP contribution < -0.4 is 11.1 Å². The highest BCUT2D eigenvalue weighted by atomic mass is 16.6. The Hall–Kier alpha value is -2.73. The normalized spacial score (nSPS) is 11.7. The summed E-state index contributed by atoms with van der Waals surface area (Å²) in [5, 5.41) is 13.3. The fourth-order valence-corrected chi connectivity index (χ4v) is 1.90. The maximum Gasteiger partial charge on any atom is 0.282 e. The molecule has 0 saturated carbocycles. The maximum atomic E-state index is 12.0. The van der Waals surface area contributed by atoms with E-state index in [-0.39, 0.29) is 11.6 Å². The zero-order chi connectivity index (χ0) is 15.2. The van der Waals surface area contributed by atoms with Crippen LogP contribution >= 0.6 is 0 Å². The van der Waals surface area contributed by atoms with Crippen LogP contribution in [-0.2, 0) is 11.2 Å². The maximum absolute atomic E-state index is 12.0. The number of quaternary nitrogens is 1. The van der Waals surface area contributed by atoms with E-state index in [0.29, 0.717) is 12.1 Å². The lowest BCUT2D eigenvalue weighted by Crippen LogP contribution is -2.67. The Morgan fingerprint density at radius 1 is 1.14 bits per heavy atom. The highest BCUT2D eigenvalue weighted by molar-refractivity contribution is 5.93. The Morgan fingerprint density at radius 2 is 1.76 bits per heavy atom. The van der Waals surface area contributed by atoms with Gasteiger partial charge >= 0.3 is 0 Å². The van der Waals surface area contributed by atoms with Crippen molar-refractivity contribution in [1.29, 1.82) is 0 Å². The molecule has 1 amide bonds. The molecule has 0 fully saturated rings. The second-order valence-corrected chi connectivity index (χ2v) is 4.68. The number of rotatable bonds is 5. The summed E-state index contributed by atoms with van der Waals surface area (Å²) in [6.07, 6.45) is 0.541. The Labute approximate surface area is 121 Å². The molecule has 0 bridgehead atoms. The van der Waals surface area contributed by atoms with Gasteiger partial charge in [0.05, 0.1) is 4.92 Å². The van der Waals surface area contributed by atoms with E-state index in [9.17, 15) is 14.9 Å². The fraction of sp³-hybridized carbons (Fsp3) is 0.133. The predicted octanol–water partition coefficient (Wildman–Crippen LogP) is 1.39. The molecule has 108 valence electrons. The van der Waals surface area contributed by atoms with Gasteiger partial charge in [-0.15, -0.1) is 0 Å². The van der Waals surface area contributed by atoms with Gasteiger partial charge in [-0.1, -0.05) is 30.3 Å². The Kier molecular flexibility index (Phi) is 4.63. The van der Waals surface area contributed by atoms with Crippen LogP contribution in [0.2, 0.25) is 0 Å². The molecule has 1 atom stereocenters. The number of nitro benzene ring substituents is 1. The first-order chi connectivity index (χ1) is 10.1. The van der Waals surface area contributed by atoms with Crippen LogP contribution in [0.25, 0.3) is 0 Å². The second-order valence-electron chi connectivity index (χ2n) is 4.68. The highest BCUT2D eigenvalue weighted by Crippen LogP contribution is 2.15. The van der Waals surface area contributed by atoms with E-state index in [2.05, 4.69) is 11.1 Å². The number of carbonyl (C=O) groups excluding carboxylic acids is 1. The van der Waals surface area contributed by atoms with Crippen LogP contribution in [0.15, 0.2) is 54.6 Å². The number of hydrogen-bond donors (Lipinski definition) is 2. The summed E-state index contributed by atoms with van der Waals surface area (Å²) in [7, 11) is 0. The van der Waals surface area contributed by atoms with Crippen LogP contribution in [0.3, 0.4) is 0 Å². The minimum atomic E-state index is -0.481. The van der Waals surface area contributed by atoms with Gasteiger partial charge in [0.2, 0.25) is 0 Å². The number of hydrogen-bond acceptors (Lipinski definition) is 3. The third-order valence-corrected chi connectivity index (χ3v) is 3.04. The summed E-state index contributed by atoms with van der Waals surface area (Å²) in [6.45, 7) is 0. The van der Waals surface area contributed by atoms with Crippen molar-refractivity contribution in [2.45, 2.75) is 12.5 Å². The molecule has 4 N–H and O–H groups in total. The smallest absolute Gasteiger partial charge is 0.282 e.